The molecule has 1 saturated heterocycles. The zero-order valence-electron chi connectivity index (χ0n) is 9.56. The molecular formula is C11H11ClFNO3S. The number of rotatable bonds is 2. The maximum Gasteiger partial charge on any atom is 0.237 e. The summed E-state index contributed by atoms with van der Waals surface area (Å²) in [6, 6.07) is 4.34. The van der Waals surface area contributed by atoms with E-state index in [1.807, 2.05) is 0 Å². The fourth-order valence-electron chi connectivity index (χ4n) is 1.86. The van der Waals surface area contributed by atoms with E-state index in [1.165, 1.54) is 11.0 Å². The zero-order valence-corrected chi connectivity index (χ0v) is 11.1. The normalized spacial score (nSPS) is 20.5. The van der Waals surface area contributed by atoms with Crippen LogP contribution in [0.5, 0.6) is 0 Å². The van der Waals surface area contributed by atoms with Gasteiger partial charge in [0.25, 0.3) is 0 Å². The number of halogens is 2. The smallest absolute Gasteiger partial charge is 0.237 e. The summed E-state index contributed by atoms with van der Waals surface area (Å²) in [5, 5.41) is -0.934. The lowest BCUT2D eigenvalue weighted by Crippen LogP contribution is -2.26. The van der Waals surface area contributed by atoms with Crippen molar-refractivity contribution in [3.05, 3.63) is 29.6 Å². The van der Waals surface area contributed by atoms with Crippen LogP contribution in [0.2, 0.25) is 0 Å². The standard InChI is InChI=1S/C11H11ClFNO3S/c1-7-2-3-8(4-10(7)13)14-6-9(5-11(14)15)18(12,16)17/h2-4,9H,5-6H2,1H3. The Morgan fingerprint density at radius 2 is 2.11 bits per heavy atom. The molecule has 1 fully saturated rings. The van der Waals surface area contributed by atoms with E-state index in [0.717, 1.165) is 0 Å². The van der Waals surface area contributed by atoms with Gasteiger partial charge in [0.05, 0.1) is 0 Å². The van der Waals surface area contributed by atoms with Crippen molar-refractivity contribution in [3.63, 3.8) is 0 Å². The predicted molar refractivity (Wildman–Crippen MR) is 66.7 cm³/mol. The SMILES string of the molecule is Cc1ccc(N2CC(S(=O)(=O)Cl)CC2=O)cc1F. The fourth-order valence-corrected chi connectivity index (χ4v) is 2.89. The van der Waals surface area contributed by atoms with E-state index in [2.05, 4.69) is 0 Å². The van der Waals surface area contributed by atoms with Crippen LogP contribution in [0.3, 0.4) is 0 Å². The molecular weight excluding hydrogens is 281 g/mol. The fraction of sp³-hybridized carbons (Fsp3) is 0.364. The maximum absolute atomic E-state index is 13.4. The van der Waals surface area contributed by atoms with Crippen LogP contribution in [0.25, 0.3) is 0 Å². The molecule has 98 valence electrons. The van der Waals surface area contributed by atoms with Gasteiger partial charge in [0, 0.05) is 29.3 Å². The first-order chi connectivity index (χ1) is 8.29. The van der Waals surface area contributed by atoms with Crippen molar-refractivity contribution < 1.29 is 17.6 Å². The molecule has 2 rings (SSSR count). The minimum Gasteiger partial charge on any atom is -0.311 e. The van der Waals surface area contributed by atoms with Gasteiger partial charge in [0.15, 0.2) is 0 Å². The van der Waals surface area contributed by atoms with Crippen molar-refractivity contribution in [2.75, 3.05) is 11.4 Å². The van der Waals surface area contributed by atoms with Gasteiger partial charge in [-0.2, -0.15) is 0 Å². The minimum atomic E-state index is -3.78. The Labute approximate surface area is 109 Å². The number of nitrogens with zero attached hydrogens (tertiary/aromatic N) is 1. The van der Waals surface area contributed by atoms with E-state index in [1.54, 1.807) is 19.1 Å². The summed E-state index contributed by atoms with van der Waals surface area (Å²) < 4.78 is 35.8. The van der Waals surface area contributed by atoms with Gasteiger partial charge in [-0.05, 0) is 24.6 Å². The molecule has 1 aliphatic rings. The van der Waals surface area contributed by atoms with Crippen LogP contribution in [-0.4, -0.2) is 26.1 Å². The third-order valence-electron chi connectivity index (χ3n) is 2.95. The summed E-state index contributed by atoms with van der Waals surface area (Å²) >= 11 is 0. The molecule has 1 aromatic carbocycles. The maximum atomic E-state index is 13.4. The van der Waals surface area contributed by atoms with Crippen molar-refractivity contribution in [1.82, 2.24) is 0 Å². The van der Waals surface area contributed by atoms with Crippen LogP contribution in [0.15, 0.2) is 18.2 Å². The van der Waals surface area contributed by atoms with Gasteiger partial charge in [0.2, 0.25) is 15.0 Å². The summed E-state index contributed by atoms with van der Waals surface area (Å²) in [6.45, 7) is 1.57. The van der Waals surface area contributed by atoms with E-state index < -0.39 is 20.1 Å². The Kier molecular flexibility index (Phi) is 3.33. The molecule has 0 radical (unpaired) electrons. The highest BCUT2D eigenvalue weighted by Crippen LogP contribution is 2.27. The number of carbonyl (C=O) groups excluding carboxylic acids is 1. The molecule has 0 N–H and O–H groups in total. The van der Waals surface area contributed by atoms with Crippen LogP contribution >= 0.6 is 10.7 Å². The largest absolute Gasteiger partial charge is 0.311 e. The summed E-state index contributed by atoms with van der Waals surface area (Å²) in [6.07, 6.45) is -0.165. The summed E-state index contributed by atoms with van der Waals surface area (Å²) in [7, 11) is 1.45. The highest BCUT2D eigenvalue weighted by molar-refractivity contribution is 8.14. The molecule has 1 unspecified atom stereocenters. The van der Waals surface area contributed by atoms with Crippen molar-refractivity contribution in [1.29, 1.82) is 0 Å². The van der Waals surface area contributed by atoms with Crippen LogP contribution in [0.4, 0.5) is 10.1 Å². The second-order valence-corrected chi connectivity index (χ2v) is 7.15. The summed E-state index contributed by atoms with van der Waals surface area (Å²) in [4.78, 5) is 13.0. The van der Waals surface area contributed by atoms with Crippen molar-refractivity contribution in [3.8, 4) is 0 Å². The van der Waals surface area contributed by atoms with E-state index in [4.69, 9.17) is 10.7 Å². The van der Waals surface area contributed by atoms with Crippen LogP contribution in [0, 0.1) is 12.7 Å². The van der Waals surface area contributed by atoms with Crippen molar-refractivity contribution in [2.24, 2.45) is 0 Å². The lowest BCUT2D eigenvalue weighted by atomic mass is 10.2. The van der Waals surface area contributed by atoms with Gasteiger partial charge in [-0.1, -0.05) is 6.07 Å². The molecule has 0 spiro atoms. The topological polar surface area (TPSA) is 54.5 Å². The highest BCUT2D eigenvalue weighted by atomic mass is 35.7. The molecule has 1 aliphatic heterocycles. The predicted octanol–water partition coefficient (Wildman–Crippen LogP) is 1.81. The van der Waals surface area contributed by atoms with Crippen LogP contribution < -0.4 is 4.90 Å². The van der Waals surface area contributed by atoms with Crippen molar-refractivity contribution in [2.45, 2.75) is 18.6 Å². The first-order valence-corrected chi connectivity index (χ1v) is 7.66. The third-order valence-corrected chi connectivity index (χ3v) is 4.82. The monoisotopic (exact) mass is 291 g/mol. The second-order valence-electron chi connectivity index (χ2n) is 4.24. The summed E-state index contributed by atoms with van der Waals surface area (Å²) in [5.41, 5.74) is 0.817. The molecule has 0 aromatic heterocycles. The molecule has 7 heteroatoms. The van der Waals surface area contributed by atoms with Gasteiger partial charge in [0.1, 0.15) is 11.1 Å². The minimum absolute atomic E-state index is 0.0346. The number of aryl methyl sites for hydroxylation is 1. The molecule has 1 aromatic rings. The number of carbonyl (C=O) groups is 1. The molecule has 0 bridgehead atoms. The third kappa shape index (κ3) is 2.49. The number of amides is 1. The molecule has 1 heterocycles. The Balaban J connectivity index is 2.30. The highest BCUT2D eigenvalue weighted by Gasteiger charge is 2.38. The van der Waals surface area contributed by atoms with E-state index >= 15 is 0 Å². The van der Waals surface area contributed by atoms with Gasteiger partial charge < -0.3 is 4.90 Å². The van der Waals surface area contributed by atoms with Crippen molar-refractivity contribution >= 4 is 31.3 Å². The molecule has 1 amide bonds. The quantitative estimate of drug-likeness (QED) is 0.781. The number of anilines is 1. The molecule has 1 atom stereocenters. The Bertz CT molecular complexity index is 602. The van der Waals surface area contributed by atoms with E-state index in [9.17, 15) is 17.6 Å². The molecule has 4 nitrogen and oxygen atoms in total. The van der Waals surface area contributed by atoms with E-state index in [-0.39, 0.29) is 18.9 Å². The second kappa shape index (κ2) is 4.51. The van der Waals surface area contributed by atoms with Gasteiger partial charge in [-0.25, -0.2) is 12.8 Å². The molecule has 0 aliphatic carbocycles. The Hall–Kier alpha value is -1.14. The molecule has 18 heavy (non-hydrogen) atoms. The number of hydrogen-bond acceptors (Lipinski definition) is 3. The van der Waals surface area contributed by atoms with Gasteiger partial charge >= 0.3 is 0 Å². The lowest BCUT2D eigenvalue weighted by Gasteiger charge is -2.16. The molecule has 0 saturated carbocycles. The average Bonchev–Trinajstić information content (AvgIpc) is 2.64. The lowest BCUT2D eigenvalue weighted by molar-refractivity contribution is -0.117. The van der Waals surface area contributed by atoms with Gasteiger partial charge in [-0.15, -0.1) is 0 Å². The van der Waals surface area contributed by atoms with Gasteiger partial charge in [-0.3, -0.25) is 4.79 Å². The van der Waals surface area contributed by atoms with E-state index in [0.29, 0.717) is 11.3 Å². The van der Waals surface area contributed by atoms with Crippen LogP contribution in [-0.2, 0) is 13.8 Å². The average molecular weight is 292 g/mol. The Morgan fingerprint density at radius 3 is 2.61 bits per heavy atom. The summed E-state index contributed by atoms with van der Waals surface area (Å²) in [5.74, 6) is -0.801. The van der Waals surface area contributed by atoms with Crippen LogP contribution in [0.1, 0.15) is 12.0 Å². The Morgan fingerprint density at radius 1 is 1.44 bits per heavy atom. The first-order valence-electron chi connectivity index (χ1n) is 5.29. The number of benzene rings is 1. The number of hydrogen-bond donors (Lipinski definition) is 0. The first kappa shape index (κ1) is 13.3. The zero-order chi connectivity index (χ0) is 13.5.